The molecule has 1 aliphatic heterocycles. The minimum Gasteiger partial charge on any atom is -0.453 e. The molecule has 37 heavy (non-hydrogen) atoms. The molecule has 8 unspecified atom stereocenters. The van der Waals surface area contributed by atoms with Gasteiger partial charge in [0, 0.05) is 36.7 Å². The smallest absolute Gasteiger partial charge is 0.333 e. The summed E-state index contributed by atoms with van der Waals surface area (Å²) in [6.45, 7) is 7.96. The molecule has 7 heteroatoms. The summed E-state index contributed by atoms with van der Waals surface area (Å²) in [6, 6.07) is 9.41. The first kappa shape index (κ1) is 26.1. The molecule has 4 aliphatic rings. The van der Waals surface area contributed by atoms with Crippen LogP contribution in [0.25, 0.3) is 6.08 Å². The Hall–Kier alpha value is -2.48. The maximum atomic E-state index is 13.1. The van der Waals surface area contributed by atoms with Gasteiger partial charge in [0.1, 0.15) is 5.60 Å². The zero-order valence-corrected chi connectivity index (χ0v) is 22.3. The molecule has 2 N–H and O–H groups in total. The quantitative estimate of drug-likeness (QED) is 0.466. The van der Waals surface area contributed by atoms with Gasteiger partial charge in [0.05, 0.1) is 6.10 Å². The molecule has 0 saturated heterocycles. The molecule has 3 aliphatic carbocycles. The van der Waals surface area contributed by atoms with Crippen molar-refractivity contribution in [2.45, 2.75) is 77.0 Å². The Morgan fingerprint density at radius 2 is 1.86 bits per heavy atom. The third kappa shape index (κ3) is 3.65. The van der Waals surface area contributed by atoms with Crippen LogP contribution >= 0.6 is 0 Å². The summed E-state index contributed by atoms with van der Waals surface area (Å²) in [5.41, 5.74) is -1.36. The largest absolute Gasteiger partial charge is 0.453 e. The molecule has 3 saturated carbocycles. The van der Waals surface area contributed by atoms with Crippen molar-refractivity contribution in [2.75, 3.05) is 7.11 Å². The predicted octanol–water partition coefficient (Wildman–Crippen LogP) is 4.03. The van der Waals surface area contributed by atoms with Crippen LogP contribution in [0.5, 0.6) is 0 Å². The first-order chi connectivity index (χ1) is 17.4. The Morgan fingerprint density at radius 1 is 1.16 bits per heavy atom. The van der Waals surface area contributed by atoms with Gasteiger partial charge in [-0.05, 0) is 47.6 Å². The van der Waals surface area contributed by atoms with E-state index in [1.807, 2.05) is 58.0 Å². The number of esters is 2. The van der Waals surface area contributed by atoms with Gasteiger partial charge in [-0.3, -0.25) is 0 Å². The Balaban J connectivity index is 1.57. The van der Waals surface area contributed by atoms with E-state index in [0.717, 1.165) is 18.4 Å². The SMILES string of the molecule is COC12CC3C(C(C)C1=CC(=O)O2)C(O)C(OC(=O)C=Cc1ccccc1)C1(O)C(C)(C)CCCC31C. The molecule has 3 fully saturated rings. The number of hydrogen-bond acceptors (Lipinski definition) is 7. The first-order valence-electron chi connectivity index (χ1n) is 13.2. The van der Waals surface area contributed by atoms with E-state index in [0.29, 0.717) is 18.4 Å². The topological polar surface area (TPSA) is 102 Å². The molecular weight excluding hydrogens is 472 g/mol. The average Bonchev–Trinajstić information content (AvgIpc) is 3.21. The van der Waals surface area contributed by atoms with Gasteiger partial charge in [-0.15, -0.1) is 0 Å². The van der Waals surface area contributed by atoms with Gasteiger partial charge in [0.2, 0.25) is 5.79 Å². The lowest BCUT2D eigenvalue weighted by molar-refractivity contribution is -0.332. The monoisotopic (exact) mass is 510 g/mol. The van der Waals surface area contributed by atoms with Crippen LogP contribution in [0, 0.1) is 28.6 Å². The summed E-state index contributed by atoms with van der Waals surface area (Å²) in [5.74, 6) is -3.16. The summed E-state index contributed by atoms with van der Waals surface area (Å²) in [6.07, 6.45) is 4.82. The molecule has 0 bridgehead atoms. The number of methoxy groups -OCH3 is 1. The van der Waals surface area contributed by atoms with E-state index in [9.17, 15) is 19.8 Å². The van der Waals surface area contributed by atoms with Gasteiger partial charge in [-0.1, -0.05) is 64.4 Å². The second-order valence-electron chi connectivity index (χ2n) is 12.2. The van der Waals surface area contributed by atoms with E-state index in [-0.39, 0.29) is 17.8 Å². The van der Waals surface area contributed by atoms with Crippen molar-refractivity contribution >= 4 is 18.0 Å². The molecule has 5 rings (SSSR count). The second kappa shape index (κ2) is 8.79. The lowest BCUT2D eigenvalue weighted by Gasteiger charge is -2.69. The van der Waals surface area contributed by atoms with Crippen molar-refractivity contribution in [3.63, 3.8) is 0 Å². The van der Waals surface area contributed by atoms with Crippen LogP contribution in [0.3, 0.4) is 0 Å². The van der Waals surface area contributed by atoms with E-state index in [1.54, 1.807) is 6.08 Å². The number of aliphatic hydroxyl groups excluding tert-OH is 1. The van der Waals surface area contributed by atoms with Crippen LogP contribution in [-0.2, 0) is 23.8 Å². The minimum atomic E-state index is -1.52. The molecule has 0 radical (unpaired) electrons. The van der Waals surface area contributed by atoms with E-state index >= 15 is 0 Å². The molecule has 0 spiro atoms. The summed E-state index contributed by atoms with van der Waals surface area (Å²) in [5, 5.41) is 24.6. The highest BCUT2D eigenvalue weighted by Gasteiger charge is 2.75. The van der Waals surface area contributed by atoms with E-state index in [1.165, 1.54) is 19.3 Å². The fourth-order valence-electron chi connectivity index (χ4n) is 8.26. The van der Waals surface area contributed by atoms with Gasteiger partial charge in [0.25, 0.3) is 0 Å². The number of fused-ring (bicyclic) bond motifs is 4. The summed E-state index contributed by atoms with van der Waals surface area (Å²) >= 11 is 0. The van der Waals surface area contributed by atoms with Crippen LogP contribution in [0.2, 0.25) is 0 Å². The lowest BCUT2D eigenvalue weighted by atomic mass is 9.39. The van der Waals surface area contributed by atoms with Crippen molar-refractivity contribution in [3.05, 3.63) is 53.6 Å². The molecule has 7 nitrogen and oxygen atoms in total. The van der Waals surface area contributed by atoms with Crippen molar-refractivity contribution in [1.82, 2.24) is 0 Å². The third-order valence-electron chi connectivity index (χ3n) is 10.1. The number of benzene rings is 1. The Morgan fingerprint density at radius 3 is 2.54 bits per heavy atom. The van der Waals surface area contributed by atoms with Gasteiger partial charge in [-0.25, -0.2) is 9.59 Å². The lowest BCUT2D eigenvalue weighted by Crippen LogP contribution is -2.77. The standard InChI is InChI=1S/C30H38O7/c1-18-20-16-23(32)37-29(20,35-5)17-21-24(18)25(33)26(30(34)27(2,3)14-9-15-28(21,30)4)36-22(31)13-12-19-10-7-6-8-11-19/h6-8,10-13,16,18,21,24-26,33-34H,9,14-15,17H2,1-5H3. The molecule has 8 atom stereocenters. The van der Waals surface area contributed by atoms with Crippen LogP contribution in [-0.4, -0.2) is 52.9 Å². The zero-order valence-electron chi connectivity index (χ0n) is 22.3. The van der Waals surface area contributed by atoms with E-state index in [4.69, 9.17) is 14.2 Å². The summed E-state index contributed by atoms with van der Waals surface area (Å²) < 4.78 is 17.6. The van der Waals surface area contributed by atoms with Crippen molar-refractivity contribution in [1.29, 1.82) is 0 Å². The van der Waals surface area contributed by atoms with Crippen molar-refractivity contribution < 1.29 is 34.0 Å². The van der Waals surface area contributed by atoms with Gasteiger partial charge in [0.15, 0.2) is 6.10 Å². The minimum absolute atomic E-state index is 0.236. The average molecular weight is 511 g/mol. The van der Waals surface area contributed by atoms with E-state index in [2.05, 4.69) is 0 Å². The number of carbonyl (C=O) groups excluding carboxylic acids is 2. The predicted molar refractivity (Wildman–Crippen MR) is 137 cm³/mol. The number of carbonyl (C=O) groups is 2. The van der Waals surface area contributed by atoms with Crippen LogP contribution in [0.4, 0.5) is 0 Å². The summed E-state index contributed by atoms with van der Waals surface area (Å²) in [4.78, 5) is 25.5. The molecule has 0 amide bonds. The van der Waals surface area contributed by atoms with Gasteiger partial charge < -0.3 is 24.4 Å². The highest BCUT2D eigenvalue weighted by atomic mass is 16.7. The Labute approximate surface area is 218 Å². The fraction of sp³-hybridized carbons (Fsp3) is 0.600. The maximum absolute atomic E-state index is 13.1. The fourth-order valence-corrected chi connectivity index (χ4v) is 8.26. The Kier molecular flexibility index (Phi) is 6.21. The van der Waals surface area contributed by atoms with Crippen LogP contribution in [0.1, 0.15) is 58.9 Å². The van der Waals surface area contributed by atoms with Crippen molar-refractivity contribution in [3.8, 4) is 0 Å². The normalized spacial score (nSPS) is 42.3. The number of aliphatic hydroxyl groups is 2. The number of rotatable bonds is 4. The van der Waals surface area contributed by atoms with Crippen LogP contribution < -0.4 is 0 Å². The molecule has 200 valence electrons. The van der Waals surface area contributed by atoms with Gasteiger partial charge in [-0.2, -0.15) is 0 Å². The molecular formula is C30H38O7. The first-order valence-corrected chi connectivity index (χ1v) is 13.2. The van der Waals surface area contributed by atoms with Crippen LogP contribution in [0.15, 0.2) is 48.1 Å². The zero-order chi connectivity index (χ0) is 26.8. The summed E-state index contributed by atoms with van der Waals surface area (Å²) in [7, 11) is 1.53. The number of hydrogen-bond donors (Lipinski definition) is 2. The molecule has 1 aromatic rings. The third-order valence-corrected chi connectivity index (χ3v) is 10.1. The maximum Gasteiger partial charge on any atom is 0.333 e. The molecule has 1 aromatic carbocycles. The van der Waals surface area contributed by atoms with Crippen molar-refractivity contribution in [2.24, 2.45) is 28.6 Å². The second-order valence-corrected chi connectivity index (χ2v) is 12.2. The highest BCUT2D eigenvalue weighted by molar-refractivity contribution is 5.87. The molecule has 1 heterocycles. The van der Waals surface area contributed by atoms with Gasteiger partial charge >= 0.3 is 11.9 Å². The highest BCUT2D eigenvalue weighted by Crippen LogP contribution is 2.69. The van der Waals surface area contributed by atoms with E-state index < -0.39 is 46.4 Å². The number of ether oxygens (including phenoxy) is 3. The Bertz CT molecular complexity index is 1140. The molecule has 0 aromatic heterocycles.